The second-order valence-corrected chi connectivity index (χ2v) is 28.8. The lowest BCUT2D eigenvalue weighted by molar-refractivity contribution is -0.142. The number of aromatic amines is 2. The Bertz CT molecular complexity index is 2860. The van der Waals surface area contributed by atoms with Gasteiger partial charge in [-0.2, -0.15) is 38.5 Å². The normalized spacial score (nSPS) is 22.7. The highest BCUT2D eigenvalue weighted by Gasteiger charge is 2.44. The fourth-order valence-corrected chi connectivity index (χ4v) is 16.8. The van der Waals surface area contributed by atoms with Crippen LogP contribution >= 0.6 is 23.5 Å². The van der Waals surface area contributed by atoms with Gasteiger partial charge in [0.2, 0.25) is 53.3 Å². The Balaban J connectivity index is 0.645. The number of carbonyl (C=O) groups is 9. The zero-order chi connectivity index (χ0) is 66.5. The van der Waals surface area contributed by atoms with Crippen LogP contribution in [0.1, 0.15) is 153 Å². The molecule has 3 aromatic rings. The molecule has 7 aliphatic rings. The number of hydrogen-bond acceptors (Lipinski definition) is 19. The van der Waals surface area contributed by atoms with Crippen LogP contribution in [0.3, 0.4) is 0 Å². The molecule has 10 heterocycles. The maximum absolute atomic E-state index is 14.0. The number of nitrogens with one attached hydrogen (secondary N) is 12. The Morgan fingerprint density at radius 1 is 0.505 bits per heavy atom. The number of carboxylic acid groups (broad SMARTS) is 1. The van der Waals surface area contributed by atoms with E-state index in [0.29, 0.717) is 156 Å². The zero-order valence-corrected chi connectivity index (χ0v) is 55.9. The van der Waals surface area contributed by atoms with E-state index in [2.05, 4.69) is 82.9 Å². The minimum atomic E-state index is -0.843. The summed E-state index contributed by atoms with van der Waals surface area (Å²) >= 11 is 3.75. The van der Waals surface area contributed by atoms with Crippen molar-refractivity contribution >= 4 is 94.8 Å². The molecule has 30 nitrogen and oxygen atoms in total. The second-order valence-electron chi connectivity index (χ2n) is 26.2. The van der Waals surface area contributed by atoms with E-state index in [4.69, 9.17) is 15.0 Å². The number of aromatic nitrogens is 7. The second kappa shape index (κ2) is 35.4. The van der Waals surface area contributed by atoms with Crippen LogP contribution in [-0.4, -0.2) is 216 Å². The van der Waals surface area contributed by atoms with Gasteiger partial charge in [-0.1, -0.05) is 25.7 Å². The van der Waals surface area contributed by atoms with Gasteiger partial charge in [-0.15, -0.1) is 0 Å². The molecule has 0 saturated carbocycles. The van der Waals surface area contributed by atoms with Crippen molar-refractivity contribution in [3.05, 3.63) is 36.4 Å². The third-order valence-corrected chi connectivity index (χ3v) is 22.2. The number of anilines is 3. The summed E-state index contributed by atoms with van der Waals surface area (Å²) in [6, 6.07) is -1.55. The van der Waals surface area contributed by atoms with Gasteiger partial charge in [0.25, 0.3) is 0 Å². The van der Waals surface area contributed by atoms with Crippen LogP contribution < -0.4 is 67.9 Å². The molecule has 6 unspecified atom stereocenters. The number of urea groups is 2. The largest absolute Gasteiger partial charge is 0.481 e. The maximum Gasteiger partial charge on any atom is 0.315 e. The van der Waals surface area contributed by atoms with Gasteiger partial charge in [0.05, 0.1) is 42.7 Å². The van der Waals surface area contributed by atoms with E-state index in [-0.39, 0.29) is 109 Å². The fraction of sp³-hybridized carbons (Fsp3) is 0.714. The number of nitrogens with zero attached hydrogens (tertiary/aromatic N) is 8. The molecule has 13 N–H and O–H groups in total. The van der Waals surface area contributed by atoms with Crippen LogP contribution in [0.5, 0.6) is 0 Å². The van der Waals surface area contributed by atoms with Crippen LogP contribution in [0, 0.1) is 5.92 Å². The van der Waals surface area contributed by atoms with Crippen molar-refractivity contribution in [3.63, 3.8) is 0 Å². The Hall–Kier alpha value is -7.64. The minimum Gasteiger partial charge on any atom is -0.481 e. The summed E-state index contributed by atoms with van der Waals surface area (Å²) in [5.41, 5.74) is 1.41. The van der Waals surface area contributed by atoms with E-state index < -0.39 is 24.0 Å². The lowest BCUT2D eigenvalue weighted by Crippen LogP contribution is -2.53. The number of unbranched alkanes of at least 4 members (excludes halogenated alkanes) is 6. The molecule has 95 heavy (non-hydrogen) atoms. The first-order valence-corrected chi connectivity index (χ1v) is 36.5. The third kappa shape index (κ3) is 21.2. The molecule has 7 saturated heterocycles. The molecular formula is C63H96N20O10S2. The Kier molecular flexibility index (Phi) is 26.1. The molecule has 3 aromatic heterocycles. The summed E-state index contributed by atoms with van der Waals surface area (Å²) in [5, 5.41) is 40.8. The number of rotatable bonds is 36. The van der Waals surface area contributed by atoms with Gasteiger partial charge in [-0.3, -0.25) is 33.6 Å². The van der Waals surface area contributed by atoms with E-state index in [9.17, 15) is 48.3 Å². The number of H-pyrrole nitrogens is 2. The van der Waals surface area contributed by atoms with Crippen LogP contribution in [-0.2, 0) is 46.4 Å². The van der Waals surface area contributed by atoms with Gasteiger partial charge in [0, 0.05) is 149 Å². The van der Waals surface area contributed by atoms with Crippen molar-refractivity contribution in [1.82, 2.24) is 88.1 Å². The molecule has 0 bridgehead atoms. The topological polar surface area (TPSA) is 400 Å². The average Bonchev–Trinajstić information content (AvgIpc) is 1.82. The number of fused-ring (bicyclic) bond motifs is 2. The van der Waals surface area contributed by atoms with Crippen molar-refractivity contribution in [2.45, 2.75) is 213 Å². The van der Waals surface area contributed by atoms with E-state index >= 15 is 0 Å². The molecule has 8 atom stereocenters. The predicted molar refractivity (Wildman–Crippen MR) is 358 cm³/mol. The molecule has 0 spiro atoms. The SMILES string of the molecule is O=C(CCCC[C@@H]1SCC2NC(=O)NC21)NCCCCCC(=O)NC(Cc1cnc[nH]1)C(=O)NC1CCN(c2nc(N3CCC(NC(=O)C(Cc4cnc[nH]4)NC(=O)CCCCCNC(=O)CCCC[C@H]4SCC5NC(=O)NC54)CC3)nc(N3CCC(C(=O)O)CC3)n2)CC1. The lowest BCUT2D eigenvalue weighted by Gasteiger charge is -2.36. The molecule has 32 heteroatoms. The number of piperidine rings is 3. The monoisotopic (exact) mass is 1360 g/mol. The van der Waals surface area contributed by atoms with Gasteiger partial charge < -0.3 is 82.9 Å². The Morgan fingerprint density at radius 3 is 1.28 bits per heavy atom. The summed E-state index contributed by atoms with van der Waals surface area (Å²) < 4.78 is 0. The number of hydrogen-bond donors (Lipinski definition) is 13. The van der Waals surface area contributed by atoms with E-state index in [1.807, 2.05) is 28.4 Å². The summed E-state index contributed by atoms with van der Waals surface area (Å²) in [6.07, 6.45) is 20.8. The van der Waals surface area contributed by atoms with E-state index in [1.165, 1.54) is 12.7 Å². The van der Waals surface area contributed by atoms with Crippen molar-refractivity contribution in [3.8, 4) is 0 Å². The molecular weight excluding hydrogens is 1260 g/mol. The van der Waals surface area contributed by atoms with Crippen LogP contribution in [0.25, 0.3) is 0 Å². The molecule has 0 aromatic carbocycles. The van der Waals surface area contributed by atoms with E-state index in [1.54, 1.807) is 12.4 Å². The molecule has 0 radical (unpaired) electrons. The van der Waals surface area contributed by atoms with Gasteiger partial charge in [0.1, 0.15) is 12.1 Å². The molecule has 520 valence electrons. The first-order chi connectivity index (χ1) is 46.2. The smallest absolute Gasteiger partial charge is 0.315 e. The summed E-state index contributed by atoms with van der Waals surface area (Å²) in [7, 11) is 0. The summed E-state index contributed by atoms with van der Waals surface area (Å²) in [6.45, 7) is 4.04. The standard InChI is InChI=1S/C63H96N20O10S2/c84-50(13-7-5-11-48-54-46(35-94-48)74-62(92)76-54)66-23-9-1-3-15-52(86)72-44(31-42-33-64-37-68-42)56(88)70-40-19-27-82(28-20-40)60-78-59(81-25-17-39(18-26-81)58(90)91)79-61(80-60)83-29-21-41(22-30-83)71-57(89)45(32-43-34-65-38-69-43)73-53(87)16-4-2-10-24-67-51(85)14-8-6-12-49-55-47(36-95-49)75-63(93)77-55/h33-34,37-41,44-49,54-55H,1-32,35-36H2,(H,64,68)(H,65,69)(H,66,84)(H,67,85)(H,70,88)(H,71,89)(H,72,86)(H,73,87)(H,90,91)(H2,74,76,92)(H2,75,77,93)/t44?,45?,46?,47?,48-,49+,54?,55?. The highest BCUT2D eigenvalue weighted by Crippen LogP contribution is 2.35. The Morgan fingerprint density at radius 2 is 0.895 bits per heavy atom. The van der Waals surface area contributed by atoms with Crippen LogP contribution in [0.2, 0.25) is 0 Å². The fourth-order valence-electron chi connectivity index (χ4n) is 13.7. The van der Waals surface area contributed by atoms with Gasteiger partial charge in [-0.05, 0) is 89.9 Å². The van der Waals surface area contributed by atoms with Crippen molar-refractivity contribution in [2.24, 2.45) is 5.92 Å². The van der Waals surface area contributed by atoms with Crippen molar-refractivity contribution in [1.29, 1.82) is 0 Å². The highest BCUT2D eigenvalue weighted by molar-refractivity contribution is 8.00. The predicted octanol–water partition coefficient (Wildman–Crippen LogP) is 2.05. The molecule has 7 fully saturated rings. The lowest BCUT2D eigenvalue weighted by atomic mass is 9.97. The number of amides is 10. The quantitative estimate of drug-likeness (QED) is 0.0293. The van der Waals surface area contributed by atoms with Gasteiger partial charge >= 0.3 is 18.0 Å². The van der Waals surface area contributed by atoms with Gasteiger partial charge in [0.15, 0.2) is 0 Å². The number of carbonyl (C=O) groups excluding carboxylic acids is 8. The minimum absolute atomic E-state index is 0.0135. The van der Waals surface area contributed by atoms with E-state index in [0.717, 1.165) is 75.7 Å². The molecule has 10 amide bonds. The Labute approximate surface area is 562 Å². The summed E-state index contributed by atoms with van der Waals surface area (Å²) in [5.74, 6) is 0.917. The third-order valence-electron chi connectivity index (χ3n) is 19.2. The van der Waals surface area contributed by atoms with Crippen LogP contribution in [0.15, 0.2) is 25.0 Å². The first kappa shape index (κ1) is 70.2. The summed E-state index contributed by atoms with van der Waals surface area (Å²) in [4.78, 5) is 150. The molecule has 10 rings (SSSR count). The zero-order valence-electron chi connectivity index (χ0n) is 54.2. The molecule has 7 aliphatic heterocycles. The number of aliphatic carboxylic acids is 1. The molecule has 0 aliphatic carbocycles. The average molecular weight is 1360 g/mol. The number of imidazole rings is 2. The number of carboxylic acids is 1. The van der Waals surface area contributed by atoms with Crippen molar-refractivity contribution < 1.29 is 48.3 Å². The van der Waals surface area contributed by atoms with Crippen molar-refractivity contribution in [2.75, 3.05) is 78.6 Å². The van der Waals surface area contributed by atoms with Crippen LogP contribution in [0.4, 0.5) is 27.4 Å². The number of thioether (sulfide) groups is 2. The first-order valence-electron chi connectivity index (χ1n) is 34.4. The van der Waals surface area contributed by atoms with Gasteiger partial charge in [-0.25, -0.2) is 19.6 Å². The highest BCUT2D eigenvalue weighted by atomic mass is 32.2. The maximum atomic E-state index is 14.0.